The second-order valence-electron chi connectivity index (χ2n) is 4.59. The van der Waals surface area contributed by atoms with Crippen molar-refractivity contribution in [1.29, 1.82) is 0 Å². The summed E-state index contributed by atoms with van der Waals surface area (Å²) in [6, 6.07) is 0.364. The Balaban J connectivity index is 1.76. The molecule has 0 aromatic rings. The van der Waals surface area contributed by atoms with Crippen molar-refractivity contribution in [3.05, 3.63) is 12.2 Å². The first kappa shape index (κ1) is 10.7. The molecule has 1 saturated carbocycles. The van der Waals surface area contributed by atoms with Crippen LogP contribution in [0.25, 0.3) is 0 Å². The summed E-state index contributed by atoms with van der Waals surface area (Å²) in [6.07, 6.45) is 5.11. The second kappa shape index (κ2) is 4.79. The van der Waals surface area contributed by atoms with E-state index in [0.717, 1.165) is 38.7 Å². The topological polar surface area (TPSA) is 38.3 Å². The van der Waals surface area contributed by atoms with Gasteiger partial charge in [0.05, 0.1) is 12.5 Å². The summed E-state index contributed by atoms with van der Waals surface area (Å²) in [5.74, 6) is 0.278. The molecule has 3 heteroatoms. The zero-order chi connectivity index (χ0) is 10.7. The molecule has 15 heavy (non-hydrogen) atoms. The van der Waals surface area contributed by atoms with E-state index in [1.54, 1.807) is 0 Å². The minimum absolute atomic E-state index is 0.0927. The van der Waals surface area contributed by atoms with Gasteiger partial charge in [-0.05, 0) is 32.1 Å². The third-order valence-corrected chi connectivity index (χ3v) is 3.34. The van der Waals surface area contributed by atoms with Gasteiger partial charge >= 0.3 is 0 Å². The van der Waals surface area contributed by atoms with E-state index >= 15 is 0 Å². The Hall–Kier alpha value is -0.830. The van der Waals surface area contributed by atoms with E-state index in [9.17, 15) is 4.79 Å². The van der Waals surface area contributed by atoms with Crippen molar-refractivity contribution in [3.8, 4) is 0 Å². The van der Waals surface area contributed by atoms with Gasteiger partial charge in [0.2, 0.25) is 5.91 Å². The molecule has 1 aliphatic carbocycles. The van der Waals surface area contributed by atoms with Crippen molar-refractivity contribution in [2.75, 3.05) is 13.2 Å². The van der Waals surface area contributed by atoms with E-state index in [-0.39, 0.29) is 11.8 Å². The third-order valence-electron chi connectivity index (χ3n) is 3.34. The zero-order valence-corrected chi connectivity index (χ0v) is 9.13. The van der Waals surface area contributed by atoms with Crippen molar-refractivity contribution >= 4 is 5.91 Å². The molecule has 84 valence electrons. The first-order valence-corrected chi connectivity index (χ1v) is 5.80. The Kier molecular flexibility index (Phi) is 3.41. The van der Waals surface area contributed by atoms with Crippen LogP contribution >= 0.6 is 0 Å². The van der Waals surface area contributed by atoms with Crippen LogP contribution in [0.2, 0.25) is 0 Å². The number of rotatable bonds is 2. The fourth-order valence-electron chi connectivity index (χ4n) is 2.23. The van der Waals surface area contributed by atoms with Crippen LogP contribution < -0.4 is 5.32 Å². The van der Waals surface area contributed by atoms with Gasteiger partial charge in [-0.2, -0.15) is 0 Å². The van der Waals surface area contributed by atoms with E-state index < -0.39 is 0 Å². The van der Waals surface area contributed by atoms with Crippen LogP contribution in [0.1, 0.15) is 32.1 Å². The molecular formula is C12H19NO2. The number of carbonyl (C=O) groups is 1. The van der Waals surface area contributed by atoms with Gasteiger partial charge in [0.1, 0.15) is 0 Å². The lowest BCUT2D eigenvalue weighted by Gasteiger charge is -2.25. The number of carbonyl (C=O) groups excluding carboxylic acids is 1. The highest BCUT2D eigenvalue weighted by Crippen LogP contribution is 2.22. The Morgan fingerprint density at radius 1 is 1.33 bits per heavy atom. The van der Waals surface area contributed by atoms with Crippen molar-refractivity contribution in [1.82, 2.24) is 5.32 Å². The van der Waals surface area contributed by atoms with Gasteiger partial charge in [-0.25, -0.2) is 0 Å². The molecule has 2 rings (SSSR count). The summed E-state index contributed by atoms with van der Waals surface area (Å²) in [4.78, 5) is 11.8. The van der Waals surface area contributed by atoms with Crippen molar-refractivity contribution < 1.29 is 9.53 Å². The molecule has 2 fully saturated rings. The summed E-state index contributed by atoms with van der Waals surface area (Å²) >= 11 is 0. The highest BCUT2D eigenvalue weighted by Gasteiger charge is 2.26. The Labute approximate surface area is 90.9 Å². The number of hydrogen-bond donors (Lipinski definition) is 1. The number of amides is 1. The Bertz CT molecular complexity index is 246. The first-order chi connectivity index (χ1) is 7.25. The van der Waals surface area contributed by atoms with Gasteiger partial charge in [-0.3, -0.25) is 4.79 Å². The van der Waals surface area contributed by atoms with Crippen molar-refractivity contribution in [3.63, 3.8) is 0 Å². The van der Waals surface area contributed by atoms with Crippen molar-refractivity contribution in [2.45, 2.75) is 38.1 Å². The maximum absolute atomic E-state index is 11.8. The number of ether oxygens (including phenoxy) is 1. The van der Waals surface area contributed by atoms with E-state index in [0.29, 0.717) is 12.6 Å². The van der Waals surface area contributed by atoms with Crippen LogP contribution in [-0.4, -0.2) is 25.2 Å². The monoisotopic (exact) mass is 209 g/mol. The summed E-state index contributed by atoms with van der Waals surface area (Å²) in [7, 11) is 0. The second-order valence-corrected chi connectivity index (χ2v) is 4.59. The molecule has 1 amide bonds. The molecule has 0 bridgehead atoms. The maximum atomic E-state index is 11.8. The standard InChI is InChI=1S/C12H19NO2/c1-9-2-4-11(5-3-9)13-12(14)10-6-7-15-8-10/h10-11H,1-8H2,(H,13,14)/t10-/m0/s1. The highest BCUT2D eigenvalue weighted by atomic mass is 16.5. The van der Waals surface area contributed by atoms with Gasteiger partial charge in [0.15, 0.2) is 0 Å². The molecule has 0 aromatic heterocycles. The van der Waals surface area contributed by atoms with Gasteiger partial charge in [-0.1, -0.05) is 12.2 Å². The number of allylic oxidation sites excluding steroid dienone is 1. The molecule has 1 heterocycles. The van der Waals surface area contributed by atoms with E-state index in [1.807, 2.05) is 0 Å². The predicted molar refractivity (Wildman–Crippen MR) is 58.5 cm³/mol. The lowest BCUT2D eigenvalue weighted by molar-refractivity contribution is -0.125. The predicted octanol–water partition coefficient (Wildman–Crippen LogP) is 1.64. The number of hydrogen-bond acceptors (Lipinski definition) is 2. The van der Waals surface area contributed by atoms with Crippen LogP contribution in [0.4, 0.5) is 0 Å². The smallest absolute Gasteiger partial charge is 0.225 e. The summed E-state index contributed by atoms with van der Waals surface area (Å²) < 4.78 is 5.21. The summed E-state index contributed by atoms with van der Waals surface area (Å²) in [5, 5.41) is 3.12. The molecule has 1 saturated heterocycles. The average Bonchev–Trinajstić information content (AvgIpc) is 2.74. The normalized spacial score (nSPS) is 28.0. The molecular weight excluding hydrogens is 190 g/mol. The Morgan fingerprint density at radius 3 is 2.67 bits per heavy atom. The minimum Gasteiger partial charge on any atom is -0.381 e. The van der Waals surface area contributed by atoms with E-state index in [4.69, 9.17) is 4.74 Å². The molecule has 1 atom stereocenters. The quantitative estimate of drug-likeness (QED) is 0.702. The van der Waals surface area contributed by atoms with Crippen LogP contribution in [0.15, 0.2) is 12.2 Å². The van der Waals surface area contributed by atoms with E-state index in [2.05, 4.69) is 11.9 Å². The van der Waals surface area contributed by atoms with Crippen molar-refractivity contribution in [2.24, 2.45) is 5.92 Å². The number of nitrogens with one attached hydrogen (secondary N) is 1. The molecule has 0 radical (unpaired) electrons. The minimum atomic E-state index is 0.0927. The average molecular weight is 209 g/mol. The van der Waals surface area contributed by atoms with Gasteiger partial charge in [0, 0.05) is 12.6 Å². The lowest BCUT2D eigenvalue weighted by atomic mass is 9.91. The third kappa shape index (κ3) is 2.81. The summed E-state index contributed by atoms with van der Waals surface area (Å²) in [6.45, 7) is 5.31. The van der Waals surface area contributed by atoms with Crippen LogP contribution in [0.3, 0.4) is 0 Å². The SMILES string of the molecule is C=C1CCC(NC(=O)[C@H]2CCOC2)CC1. The Morgan fingerprint density at radius 2 is 2.07 bits per heavy atom. The molecule has 0 unspecified atom stereocenters. The summed E-state index contributed by atoms with van der Waals surface area (Å²) in [5.41, 5.74) is 1.32. The lowest BCUT2D eigenvalue weighted by Crippen LogP contribution is -2.40. The van der Waals surface area contributed by atoms with Crippen LogP contribution in [0.5, 0.6) is 0 Å². The van der Waals surface area contributed by atoms with Gasteiger partial charge in [-0.15, -0.1) is 0 Å². The molecule has 0 aromatic carbocycles. The van der Waals surface area contributed by atoms with E-state index in [1.165, 1.54) is 5.57 Å². The van der Waals surface area contributed by atoms with Gasteiger partial charge in [0.25, 0.3) is 0 Å². The van der Waals surface area contributed by atoms with Gasteiger partial charge < -0.3 is 10.1 Å². The first-order valence-electron chi connectivity index (χ1n) is 5.80. The highest BCUT2D eigenvalue weighted by molar-refractivity contribution is 5.79. The largest absolute Gasteiger partial charge is 0.381 e. The molecule has 2 aliphatic rings. The zero-order valence-electron chi connectivity index (χ0n) is 9.13. The fraction of sp³-hybridized carbons (Fsp3) is 0.750. The fourth-order valence-corrected chi connectivity index (χ4v) is 2.23. The molecule has 1 aliphatic heterocycles. The molecule has 1 N–H and O–H groups in total. The molecule has 3 nitrogen and oxygen atoms in total. The van der Waals surface area contributed by atoms with Crippen LogP contribution in [-0.2, 0) is 9.53 Å². The van der Waals surface area contributed by atoms with Crippen LogP contribution in [0, 0.1) is 5.92 Å². The molecule has 0 spiro atoms. The maximum Gasteiger partial charge on any atom is 0.225 e.